The van der Waals surface area contributed by atoms with Crippen molar-refractivity contribution in [3.63, 3.8) is 0 Å². The van der Waals surface area contributed by atoms with Gasteiger partial charge in [-0.25, -0.2) is 0 Å². The monoisotopic (exact) mass is 244 g/mol. The molecule has 5 heteroatoms. The van der Waals surface area contributed by atoms with Crippen LogP contribution in [0.1, 0.15) is 23.9 Å². The molecule has 0 fully saturated rings. The van der Waals surface area contributed by atoms with Gasteiger partial charge in [0.1, 0.15) is 5.76 Å². The van der Waals surface area contributed by atoms with E-state index >= 15 is 0 Å². The number of aliphatic hydroxyl groups is 1. The summed E-state index contributed by atoms with van der Waals surface area (Å²) in [7, 11) is 0. The molecule has 0 spiro atoms. The molecule has 1 rings (SSSR count). The van der Waals surface area contributed by atoms with Crippen molar-refractivity contribution in [1.82, 2.24) is 10.5 Å². The minimum absolute atomic E-state index is 0.191. The molecule has 0 saturated carbocycles. The fourth-order valence-corrected chi connectivity index (χ4v) is 2.24. The quantitative estimate of drug-likeness (QED) is 0.794. The first-order valence-corrected chi connectivity index (χ1v) is 6.67. The van der Waals surface area contributed by atoms with Gasteiger partial charge in [-0.3, -0.25) is 0 Å². The van der Waals surface area contributed by atoms with Crippen LogP contribution in [-0.4, -0.2) is 34.4 Å². The summed E-state index contributed by atoms with van der Waals surface area (Å²) in [5, 5.41) is 16.7. The molecule has 1 aromatic rings. The first-order valence-electron chi connectivity index (χ1n) is 5.39. The van der Waals surface area contributed by atoms with Gasteiger partial charge in [0, 0.05) is 23.4 Å². The van der Waals surface area contributed by atoms with E-state index in [1.165, 1.54) is 0 Å². The molecule has 16 heavy (non-hydrogen) atoms. The fourth-order valence-electron chi connectivity index (χ4n) is 1.59. The van der Waals surface area contributed by atoms with Crippen LogP contribution in [0.5, 0.6) is 0 Å². The maximum atomic E-state index is 9.17. The summed E-state index contributed by atoms with van der Waals surface area (Å²) in [5.74, 6) is 0.863. The van der Waals surface area contributed by atoms with E-state index in [-0.39, 0.29) is 17.9 Å². The summed E-state index contributed by atoms with van der Waals surface area (Å²) >= 11 is 1.67. The van der Waals surface area contributed by atoms with Gasteiger partial charge in [-0.2, -0.15) is 11.8 Å². The normalized spacial score (nSPS) is 15.1. The lowest BCUT2D eigenvalue weighted by Gasteiger charge is -2.21. The highest BCUT2D eigenvalue weighted by Gasteiger charge is 2.16. The molecule has 0 aliphatic rings. The molecule has 0 radical (unpaired) electrons. The van der Waals surface area contributed by atoms with Crippen LogP contribution in [0, 0.1) is 13.8 Å². The van der Waals surface area contributed by atoms with Crippen LogP contribution in [0.3, 0.4) is 0 Å². The predicted octanol–water partition coefficient (Wildman–Crippen LogP) is 1.49. The number of nitrogens with zero attached hydrogens (tertiary/aromatic N) is 1. The van der Waals surface area contributed by atoms with Crippen molar-refractivity contribution >= 4 is 11.8 Å². The molecule has 2 unspecified atom stereocenters. The van der Waals surface area contributed by atoms with Crippen molar-refractivity contribution in [1.29, 1.82) is 0 Å². The van der Waals surface area contributed by atoms with E-state index < -0.39 is 0 Å². The molecule has 0 bridgehead atoms. The lowest BCUT2D eigenvalue weighted by Crippen LogP contribution is -2.37. The molecule has 2 atom stereocenters. The van der Waals surface area contributed by atoms with Crippen molar-refractivity contribution in [2.24, 2.45) is 0 Å². The third kappa shape index (κ3) is 3.23. The number of hydrogen-bond acceptors (Lipinski definition) is 5. The highest BCUT2D eigenvalue weighted by Crippen LogP contribution is 2.14. The topological polar surface area (TPSA) is 58.3 Å². The number of thioether (sulfide) groups is 1. The van der Waals surface area contributed by atoms with Crippen molar-refractivity contribution < 1.29 is 9.63 Å². The van der Waals surface area contributed by atoms with Gasteiger partial charge in [0.05, 0.1) is 12.3 Å². The van der Waals surface area contributed by atoms with Crippen molar-refractivity contribution in [2.45, 2.75) is 38.6 Å². The third-order valence-electron chi connectivity index (χ3n) is 2.82. The van der Waals surface area contributed by atoms with Gasteiger partial charge >= 0.3 is 0 Å². The molecule has 0 amide bonds. The van der Waals surface area contributed by atoms with E-state index in [1.54, 1.807) is 11.8 Å². The second-order valence-corrected chi connectivity index (χ2v) is 5.01. The van der Waals surface area contributed by atoms with Gasteiger partial charge in [0.15, 0.2) is 0 Å². The van der Waals surface area contributed by atoms with Crippen LogP contribution in [0.25, 0.3) is 0 Å². The fraction of sp³-hybridized carbons (Fsp3) is 0.727. The molecular formula is C11H20N2O2S. The Hall–Kier alpha value is -0.520. The van der Waals surface area contributed by atoms with Crippen LogP contribution in [0.15, 0.2) is 4.52 Å². The molecular weight excluding hydrogens is 224 g/mol. The summed E-state index contributed by atoms with van der Waals surface area (Å²) in [6.45, 7) is 6.86. The Bertz CT molecular complexity index is 304. The summed E-state index contributed by atoms with van der Waals surface area (Å²) in [6.07, 6.45) is 2.01. The van der Waals surface area contributed by atoms with E-state index in [0.29, 0.717) is 0 Å². The van der Waals surface area contributed by atoms with Crippen LogP contribution < -0.4 is 5.32 Å². The first-order chi connectivity index (χ1) is 7.60. The van der Waals surface area contributed by atoms with Gasteiger partial charge < -0.3 is 14.9 Å². The molecule has 4 nitrogen and oxygen atoms in total. The van der Waals surface area contributed by atoms with E-state index in [0.717, 1.165) is 23.6 Å². The highest BCUT2D eigenvalue weighted by atomic mass is 32.2. The van der Waals surface area contributed by atoms with Crippen LogP contribution >= 0.6 is 11.8 Å². The first kappa shape index (κ1) is 13.5. The van der Waals surface area contributed by atoms with Gasteiger partial charge in [0.25, 0.3) is 0 Å². The summed E-state index contributed by atoms with van der Waals surface area (Å²) < 4.78 is 5.10. The number of nitrogens with one attached hydrogen (secondary N) is 1. The minimum Gasteiger partial charge on any atom is -0.395 e. The second kappa shape index (κ2) is 6.27. The summed E-state index contributed by atoms with van der Waals surface area (Å²) in [5.41, 5.74) is 2.05. The van der Waals surface area contributed by atoms with E-state index in [9.17, 15) is 5.11 Å². The molecule has 0 aromatic carbocycles. The SMILES string of the molecule is CSC(CO)C(C)NCc1c(C)noc1C. The van der Waals surface area contributed by atoms with E-state index in [4.69, 9.17) is 4.52 Å². The molecule has 2 N–H and O–H groups in total. The molecule has 0 saturated heterocycles. The van der Waals surface area contributed by atoms with Crippen LogP contribution in [0.2, 0.25) is 0 Å². The highest BCUT2D eigenvalue weighted by molar-refractivity contribution is 7.99. The predicted molar refractivity (Wildman–Crippen MR) is 66.7 cm³/mol. The molecule has 0 aliphatic heterocycles. The lowest BCUT2D eigenvalue weighted by molar-refractivity contribution is 0.275. The van der Waals surface area contributed by atoms with E-state index in [1.807, 2.05) is 20.1 Å². The Labute approximate surface area is 101 Å². The zero-order valence-electron chi connectivity index (χ0n) is 10.3. The molecule has 1 heterocycles. The van der Waals surface area contributed by atoms with E-state index in [2.05, 4.69) is 17.4 Å². The smallest absolute Gasteiger partial charge is 0.138 e. The lowest BCUT2D eigenvalue weighted by atomic mass is 10.2. The van der Waals surface area contributed by atoms with Gasteiger partial charge in [0.2, 0.25) is 0 Å². The zero-order chi connectivity index (χ0) is 12.1. The molecule has 1 aromatic heterocycles. The Morgan fingerprint density at radius 1 is 1.50 bits per heavy atom. The van der Waals surface area contributed by atoms with Crippen molar-refractivity contribution in [3.8, 4) is 0 Å². The number of rotatable bonds is 6. The largest absolute Gasteiger partial charge is 0.395 e. The van der Waals surface area contributed by atoms with Gasteiger partial charge in [-0.1, -0.05) is 5.16 Å². The molecule has 92 valence electrons. The molecule has 0 aliphatic carbocycles. The van der Waals surface area contributed by atoms with Gasteiger partial charge in [-0.05, 0) is 27.0 Å². The Morgan fingerprint density at radius 3 is 2.62 bits per heavy atom. The van der Waals surface area contributed by atoms with Gasteiger partial charge in [-0.15, -0.1) is 0 Å². The Kier molecular flexibility index (Phi) is 5.31. The average Bonchev–Trinajstić information content (AvgIpc) is 2.58. The third-order valence-corrected chi connectivity index (χ3v) is 3.99. The Morgan fingerprint density at radius 2 is 2.19 bits per heavy atom. The summed E-state index contributed by atoms with van der Waals surface area (Å²) in [4.78, 5) is 0. The van der Waals surface area contributed by atoms with Crippen molar-refractivity contribution in [2.75, 3.05) is 12.9 Å². The maximum absolute atomic E-state index is 9.17. The van der Waals surface area contributed by atoms with Crippen LogP contribution in [-0.2, 0) is 6.54 Å². The van der Waals surface area contributed by atoms with Crippen molar-refractivity contribution in [3.05, 3.63) is 17.0 Å². The summed E-state index contributed by atoms with van der Waals surface area (Å²) in [6, 6.07) is 0.258. The minimum atomic E-state index is 0.191. The Balaban J connectivity index is 2.51. The number of aromatic nitrogens is 1. The standard InChI is InChI=1S/C11H20N2O2S/c1-7-10(9(3)15-13-7)5-12-8(2)11(6-14)16-4/h8,11-12,14H,5-6H2,1-4H3. The maximum Gasteiger partial charge on any atom is 0.138 e. The number of aliphatic hydroxyl groups excluding tert-OH is 1. The van der Waals surface area contributed by atoms with Crippen LogP contribution in [0.4, 0.5) is 0 Å². The second-order valence-electron chi connectivity index (χ2n) is 3.93. The average molecular weight is 244 g/mol. The number of aryl methyl sites for hydroxylation is 2. The number of hydrogen-bond donors (Lipinski definition) is 2. The zero-order valence-corrected chi connectivity index (χ0v) is 11.1.